The minimum Gasteiger partial charge on any atom is -0.394 e. The van der Waals surface area contributed by atoms with Gasteiger partial charge in [0.05, 0.1) is 13.2 Å². The third kappa shape index (κ3) is 136. The van der Waals surface area contributed by atoms with Crippen LogP contribution in [-0.2, 0) is 4.57 Å². The Bertz CT molecular complexity index is 80.3. The summed E-state index contributed by atoms with van der Waals surface area (Å²) in [6.45, 7) is -0.250. The fourth-order valence-electron chi connectivity index (χ4n) is 0. The molecule has 0 fully saturated rings. The number of hydrogen-bond donors (Lipinski definition) is 3. The zero-order chi connectivity index (χ0) is 7.91. The maximum atomic E-state index is 9.30. The standard InChI is InChI=1S/C2H6O2.Cl2HO2P/c3-1-2-4;1-5(2,3)4/h3-4H,1-2H2;(H,3,4). The Hall–Kier alpha value is 0.690. The normalized spacial score (nSPS) is 9.89. The van der Waals surface area contributed by atoms with E-state index in [0.717, 1.165) is 0 Å². The van der Waals surface area contributed by atoms with Crippen molar-refractivity contribution < 1.29 is 19.7 Å². The maximum absolute atomic E-state index is 9.30. The molecule has 7 heteroatoms. The topological polar surface area (TPSA) is 77.8 Å². The minimum atomic E-state index is -3.69. The predicted molar refractivity (Wildman–Crippen MR) is 35.7 cm³/mol. The first-order valence-electron chi connectivity index (χ1n) is 1.85. The molecule has 0 bridgehead atoms. The van der Waals surface area contributed by atoms with Gasteiger partial charge in [-0.3, -0.25) is 4.57 Å². The molecule has 4 nitrogen and oxygen atoms in total. The Labute approximate surface area is 62.1 Å². The number of halogens is 2. The summed E-state index contributed by atoms with van der Waals surface area (Å²) in [4.78, 5) is 7.61. The van der Waals surface area contributed by atoms with Crippen molar-refractivity contribution in [2.75, 3.05) is 13.2 Å². The van der Waals surface area contributed by atoms with E-state index in [0.29, 0.717) is 0 Å². The van der Waals surface area contributed by atoms with Gasteiger partial charge in [-0.15, -0.1) is 0 Å². The average Bonchev–Trinajstić information content (AvgIpc) is 1.61. The molecule has 0 aliphatic carbocycles. The molecule has 0 aliphatic heterocycles. The summed E-state index contributed by atoms with van der Waals surface area (Å²) in [6.07, 6.45) is -3.69. The van der Waals surface area contributed by atoms with Crippen LogP contribution in [0.3, 0.4) is 0 Å². The second kappa shape index (κ2) is 6.81. The zero-order valence-electron chi connectivity index (χ0n) is 4.37. The summed E-state index contributed by atoms with van der Waals surface area (Å²) in [7, 11) is 0. The predicted octanol–water partition coefficient (Wildman–Crippen LogP) is 0.535. The van der Waals surface area contributed by atoms with Gasteiger partial charge in [-0.2, -0.15) is 0 Å². The maximum Gasteiger partial charge on any atom is 0.377 e. The van der Waals surface area contributed by atoms with Crippen LogP contribution in [0.25, 0.3) is 0 Å². The second-order valence-electron chi connectivity index (χ2n) is 0.882. The lowest BCUT2D eigenvalue weighted by Crippen LogP contribution is -1.85. The molecular formula is C2H7Cl2O4P. The van der Waals surface area contributed by atoms with E-state index in [1.807, 2.05) is 0 Å². The monoisotopic (exact) mass is 196 g/mol. The number of aliphatic hydroxyl groups excluding tert-OH is 2. The van der Waals surface area contributed by atoms with E-state index in [1.54, 1.807) is 0 Å². The first kappa shape index (κ1) is 12.4. The van der Waals surface area contributed by atoms with Gasteiger partial charge in [0.15, 0.2) is 0 Å². The van der Waals surface area contributed by atoms with Crippen molar-refractivity contribution in [3.63, 3.8) is 0 Å². The molecule has 0 aromatic carbocycles. The second-order valence-corrected chi connectivity index (χ2v) is 5.02. The van der Waals surface area contributed by atoms with Crippen LogP contribution < -0.4 is 0 Å². The van der Waals surface area contributed by atoms with Crippen LogP contribution in [0.4, 0.5) is 0 Å². The quantitative estimate of drug-likeness (QED) is 0.536. The smallest absolute Gasteiger partial charge is 0.377 e. The molecule has 0 atom stereocenters. The molecule has 0 rings (SSSR count). The lowest BCUT2D eigenvalue weighted by Gasteiger charge is -1.77. The Morgan fingerprint density at radius 2 is 1.33 bits per heavy atom. The van der Waals surface area contributed by atoms with Crippen molar-refractivity contribution in [1.82, 2.24) is 0 Å². The molecule has 0 saturated heterocycles. The molecule has 58 valence electrons. The third-order valence-corrected chi connectivity index (χ3v) is 0.1000. The van der Waals surface area contributed by atoms with E-state index < -0.39 is 6.07 Å². The average molecular weight is 197 g/mol. The van der Waals surface area contributed by atoms with Gasteiger partial charge in [0, 0.05) is 0 Å². The van der Waals surface area contributed by atoms with Crippen LogP contribution in [0.15, 0.2) is 0 Å². The molecule has 0 unspecified atom stereocenters. The van der Waals surface area contributed by atoms with Crippen LogP contribution in [0.5, 0.6) is 0 Å². The summed E-state index contributed by atoms with van der Waals surface area (Å²) in [5.41, 5.74) is 0. The van der Waals surface area contributed by atoms with Crippen LogP contribution in [0.2, 0.25) is 0 Å². The lowest BCUT2D eigenvalue weighted by molar-refractivity contribution is 0.186. The highest BCUT2D eigenvalue weighted by Gasteiger charge is 2.02. The Balaban J connectivity index is 0. The van der Waals surface area contributed by atoms with E-state index in [1.165, 1.54) is 0 Å². The van der Waals surface area contributed by atoms with E-state index in [2.05, 4.69) is 22.5 Å². The molecule has 0 radical (unpaired) electrons. The van der Waals surface area contributed by atoms with Crippen molar-refractivity contribution in [1.29, 1.82) is 0 Å². The first-order chi connectivity index (χ1) is 3.91. The van der Waals surface area contributed by atoms with Crippen LogP contribution >= 0.6 is 28.6 Å². The molecule has 0 spiro atoms. The Morgan fingerprint density at radius 3 is 1.33 bits per heavy atom. The van der Waals surface area contributed by atoms with Crippen molar-refractivity contribution in [2.45, 2.75) is 0 Å². The molecule has 0 amide bonds. The Kier molecular flexibility index (Phi) is 9.36. The van der Waals surface area contributed by atoms with Crippen molar-refractivity contribution >= 4 is 28.6 Å². The molecular weight excluding hydrogens is 190 g/mol. The number of aliphatic hydroxyl groups is 2. The molecule has 3 N–H and O–H groups in total. The highest BCUT2D eigenvalue weighted by Crippen LogP contribution is 2.51. The third-order valence-electron chi connectivity index (χ3n) is 0.1000. The van der Waals surface area contributed by atoms with E-state index >= 15 is 0 Å². The van der Waals surface area contributed by atoms with E-state index in [9.17, 15) is 4.57 Å². The number of hydrogen-bond acceptors (Lipinski definition) is 3. The van der Waals surface area contributed by atoms with Crippen LogP contribution in [0, 0.1) is 0 Å². The van der Waals surface area contributed by atoms with E-state index in [4.69, 9.17) is 15.1 Å². The molecule has 0 aromatic heterocycles. The highest BCUT2D eigenvalue weighted by molar-refractivity contribution is 8.04. The summed E-state index contributed by atoms with van der Waals surface area (Å²) >= 11 is 8.81. The summed E-state index contributed by atoms with van der Waals surface area (Å²) in [5.74, 6) is 0. The molecule has 9 heavy (non-hydrogen) atoms. The highest BCUT2D eigenvalue weighted by atomic mass is 35.9. The largest absolute Gasteiger partial charge is 0.394 e. The van der Waals surface area contributed by atoms with Gasteiger partial charge in [-0.25, -0.2) is 0 Å². The first-order valence-corrected chi connectivity index (χ1v) is 5.32. The summed E-state index contributed by atoms with van der Waals surface area (Å²) in [6, 6.07) is 0. The van der Waals surface area contributed by atoms with Crippen LogP contribution in [0.1, 0.15) is 0 Å². The minimum absolute atomic E-state index is 0.125. The van der Waals surface area contributed by atoms with Gasteiger partial charge < -0.3 is 15.1 Å². The van der Waals surface area contributed by atoms with Gasteiger partial charge in [0.25, 0.3) is 0 Å². The van der Waals surface area contributed by atoms with Gasteiger partial charge in [0.1, 0.15) is 0 Å². The summed E-state index contributed by atoms with van der Waals surface area (Å²) in [5, 5.41) is 15.2. The zero-order valence-corrected chi connectivity index (χ0v) is 6.77. The molecule has 0 saturated carbocycles. The summed E-state index contributed by atoms with van der Waals surface area (Å²) < 4.78 is 9.30. The van der Waals surface area contributed by atoms with Gasteiger partial charge in [-0.1, -0.05) is 0 Å². The van der Waals surface area contributed by atoms with E-state index in [-0.39, 0.29) is 13.2 Å². The Morgan fingerprint density at radius 1 is 1.22 bits per heavy atom. The van der Waals surface area contributed by atoms with Gasteiger partial charge in [0.2, 0.25) is 0 Å². The molecule has 0 heterocycles. The molecule has 0 aromatic rings. The molecule has 0 aliphatic rings. The van der Waals surface area contributed by atoms with Crippen LogP contribution in [-0.4, -0.2) is 28.3 Å². The SMILES string of the molecule is O=P(O)(Cl)Cl.OCCO. The van der Waals surface area contributed by atoms with Crippen molar-refractivity contribution in [3.8, 4) is 0 Å². The van der Waals surface area contributed by atoms with Gasteiger partial charge in [-0.05, 0) is 22.5 Å². The van der Waals surface area contributed by atoms with Crippen molar-refractivity contribution in [3.05, 3.63) is 0 Å². The fourth-order valence-corrected chi connectivity index (χ4v) is 0. The van der Waals surface area contributed by atoms with Crippen molar-refractivity contribution in [2.24, 2.45) is 0 Å². The number of rotatable bonds is 1. The fraction of sp³-hybridized carbons (Fsp3) is 1.00. The lowest BCUT2D eigenvalue weighted by atomic mass is 10.8. The van der Waals surface area contributed by atoms with Gasteiger partial charge >= 0.3 is 6.07 Å².